The van der Waals surface area contributed by atoms with Crippen molar-refractivity contribution in [3.8, 4) is 0 Å². The molecular weight excluding hydrogens is 316 g/mol. The van der Waals surface area contributed by atoms with E-state index in [9.17, 15) is 9.59 Å². The minimum atomic E-state index is -0.274. The molecule has 6 nitrogen and oxygen atoms in total. The number of hydrogen-bond donors (Lipinski definition) is 2. The monoisotopic (exact) mass is 340 g/mol. The molecule has 2 amide bonds. The van der Waals surface area contributed by atoms with Gasteiger partial charge in [0.15, 0.2) is 0 Å². The van der Waals surface area contributed by atoms with E-state index in [0.29, 0.717) is 12.1 Å². The van der Waals surface area contributed by atoms with Crippen LogP contribution in [0.4, 0.5) is 5.69 Å². The van der Waals surface area contributed by atoms with Crippen molar-refractivity contribution < 1.29 is 9.59 Å². The molecule has 25 heavy (non-hydrogen) atoms. The highest BCUT2D eigenvalue weighted by molar-refractivity contribution is 6.05. The predicted octanol–water partition coefficient (Wildman–Crippen LogP) is 2.32. The summed E-state index contributed by atoms with van der Waals surface area (Å²) in [5.74, 6) is -0.543. The van der Waals surface area contributed by atoms with Crippen molar-refractivity contribution in [2.24, 2.45) is 0 Å². The predicted molar refractivity (Wildman–Crippen MR) is 98.9 cm³/mol. The molecule has 0 spiro atoms. The topological polar surface area (TPSA) is 74.3 Å². The van der Waals surface area contributed by atoms with Crippen LogP contribution >= 0.6 is 0 Å². The van der Waals surface area contributed by atoms with Gasteiger partial charge in [0.25, 0.3) is 11.8 Å². The van der Waals surface area contributed by atoms with Gasteiger partial charge in [0, 0.05) is 24.0 Å². The molecule has 0 bridgehead atoms. The summed E-state index contributed by atoms with van der Waals surface area (Å²) in [4.78, 5) is 30.6. The second-order valence-electron chi connectivity index (χ2n) is 6.17. The number of rotatable bonds is 7. The lowest BCUT2D eigenvalue weighted by atomic mass is 10.2. The van der Waals surface area contributed by atoms with Gasteiger partial charge in [-0.05, 0) is 63.8 Å². The second-order valence-corrected chi connectivity index (χ2v) is 6.17. The second kappa shape index (κ2) is 8.94. The summed E-state index contributed by atoms with van der Waals surface area (Å²) in [6, 6.07) is 10.6. The minimum Gasteiger partial charge on any atom is -0.351 e. The number of nitrogens with zero attached hydrogens (tertiary/aromatic N) is 2. The lowest BCUT2D eigenvalue weighted by molar-refractivity contribution is 0.0947. The minimum absolute atomic E-state index is 0.238. The van der Waals surface area contributed by atoms with Crippen molar-refractivity contribution in [3.63, 3.8) is 0 Å². The van der Waals surface area contributed by atoms with E-state index >= 15 is 0 Å². The molecule has 0 atom stereocenters. The summed E-state index contributed by atoms with van der Waals surface area (Å²) in [5.41, 5.74) is 2.42. The average Bonchev–Trinajstić information content (AvgIpc) is 2.58. The van der Waals surface area contributed by atoms with Crippen LogP contribution in [0.1, 0.15) is 32.8 Å². The largest absolute Gasteiger partial charge is 0.351 e. The summed E-state index contributed by atoms with van der Waals surface area (Å²) in [6.45, 7) is 3.42. The van der Waals surface area contributed by atoms with E-state index in [2.05, 4.69) is 20.5 Å². The Morgan fingerprint density at radius 1 is 1.12 bits per heavy atom. The number of amides is 2. The van der Waals surface area contributed by atoms with Crippen LogP contribution in [0.2, 0.25) is 0 Å². The standard InChI is InChI=1S/C19H24N4O2/c1-14-6-4-7-16(12-14)22-18(24)15-8-10-20-17(13-15)19(25)21-9-5-11-23(2)3/h4,6-8,10,12-13H,5,9,11H2,1-3H3,(H,21,25)(H,22,24). The van der Waals surface area contributed by atoms with E-state index < -0.39 is 0 Å². The van der Waals surface area contributed by atoms with E-state index in [1.54, 1.807) is 6.07 Å². The Bertz CT molecular complexity index is 744. The van der Waals surface area contributed by atoms with Crippen LogP contribution < -0.4 is 10.6 Å². The van der Waals surface area contributed by atoms with Crippen molar-refractivity contribution in [1.29, 1.82) is 0 Å². The zero-order chi connectivity index (χ0) is 18.2. The molecule has 2 rings (SSSR count). The number of carbonyl (C=O) groups is 2. The van der Waals surface area contributed by atoms with E-state index in [1.807, 2.05) is 45.3 Å². The van der Waals surface area contributed by atoms with Crippen LogP contribution in [0.5, 0.6) is 0 Å². The summed E-state index contributed by atoms with van der Waals surface area (Å²) in [5, 5.41) is 5.64. The molecule has 2 N–H and O–H groups in total. The van der Waals surface area contributed by atoms with E-state index in [4.69, 9.17) is 0 Å². The summed E-state index contributed by atoms with van der Waals surface area (Å²) >= 11 is 0. The fraction of sp³-hybridized carbons (Fsp3) is 0.316. The zero-order valence-corrected chi connectivity index (χ0v) is 14.9. The molecule has 0 aliphatic rings. The first-order valence-corrected chi connectivity index (χ1v) is 8.22. The van der Waals surface area contributed by atoms with Crippen LogP contribution in [0, 0.1) is 6.92 Å². The summed E-state index contributed by atoms with van der Waals surface area (Å²) in [6.07, 6.45) is 2.33. The van der Waals surface area contributed by atoms with Gasteiger partial charge < -0.3 is 15.5 Å². The Balaban J connectivity index is 1.97. The molecule has 1 aromatic carbocycles. The Labute approximate surface area is 148 Å². The normalized spacial score (nSPS) is 10.6. The van der Waals surface area contributed by atoms with E-state index in [1.165, 1.54) is 12.3 Å². The molecule has 2 aromatic rings. The number of benzene rings is 1. The number of hydrogen-bond acceptors (Lipinski definition) is 4. The van der Waals surface area contributed by atoms with Crippen LogP contribution in [-0.4, -0.2) is 48.9 Å². The first-order valence-electron chi connectivity index (χ1n) is 8.22. The van der Waals surface area contributed by atoms with Crippen LogP contribution in [0.15, 0.2) is 42.6 Å². The fourth-order valence-electron chi connectivity index (χ4n) is 2.31. The molecule has 1 aromatic heterocycles. The molecule has 0 aliphatic carbocycles. The van der Waals surface area contributed by atoms with Gasteiger partial charge in [-0.3, -0.25) is 14.6 Å². The van der Waals surface area contributed by atoms with Crippen molar-refractivity contribution in [2.45, 2.75) is 13.3 Å². The molecule has 0 radical (unpaired) electrons. The highest BCUT2D eigenvalue weighted by Crippen LogP contribution is 2.12. The number of nitrogens with one attached hydrogen (secondary N) is 2. The Morgan fingerprint density at radius 3 is 2.64 bits per heavy atom. The number of aromatic nitrogens is 1. The van der Waals surface area contributed by atoms with Crippen molar-refractivity contribution in [2.75, 3.05) is 32.5 Å². The number of aryl methyl sites for hydroxylation is 1. The van der Waals surface area contributed by atoms with Crippen molar-refractivity contribution in [3.05, 3.63) is 59.4 Å². The first kappa shape index (κ1) is 18.6. The van der Waals surface area contributed by atoms with Gasteiger partial charge in [-0.1, -0.05) is 12.1 Å². The van der Waals surface area contributed by atoms with E-state index in [-0.39, 0.29) is 17.5 Å². The van der Waals surface area contributed by atoms with Gasteiger partial charge >= 0.3 is 0 Å². The Hall–Kier alpha value is -2.73. The number of pyridine rings is 1. The molecule has 0 saturated heterocycles. The molecule has 0 fully saturated rings. The number of anilines is 1. The highest BCUT2D eigenvalue weighted by Gasteiger charge is 2.12. The molecular formula is C19H24N4O2. The molecule has 0 saturated carbocycles. The number of carbonyl (C=O) groups excluding carboxylic acids is 2. The Morgan fingerprint density at radius 2 is 1.92 bits per heavy atom. The van der Waals surface area contributed by atoms with Gasteiger partial charge in [-0.2, -0.15) is 0 Å². The maximum absolute atomic E-state index is 12.4. The smallest absolute Gasteiger partial charge is 0.269 e. The van der Waals surface area contributed by atoms with Gasteiger partial charge in [0.05, 0.1) is 0 Å². The van der Waals surface area contributed by atoms with Crippen LogP contribution in [-0.2, 0) is 0 Å². The van der Waals surface area contributed by atoms with Gasteiger partial charge in [0.2, 0.25) is 0 Å². The SMILES string of the molecule is Cc1cccc(NC(=O)c2ccnc(C(=O)NCCCN(C)C)c2)c1. The summed E-state index contributed by atoms with van der Waals surface area (Å²) < 4.78 is 0. The maximum atomic E-state index is 12.4. The third-order valence-corrected chi connectivity index (χ3v) is 3.60. The molecule has 0 unspecified atom stereocenters. The first-order chi connectivity index (χ1) is 12.0. The molecule has 132 valence electrons. The maximum Gasteiger partial charge on any atom is 0.269 e. The summed E-state index contributed by atoms with van der Waals surface area (Å²) in [7, 11) is 3.97. The quantitative estimate of drug-likeness (QED) is 0.759. The molecule has 6 heteroatoms. The molecule has 0 aliphatic heterocycles. The van der Waals surface area contributed by atoms with Gasteiger partial charge in [0.1, 0.15) is 5.69 Å². The average molecular weight is 340 g/mol. The third-order valence-electron chi connectivity index (χ3n) is 3.60. The zero-order valence-electron chi connectivity index (χ0n) is 14.9. The lowest BCUT2D eigenvalue weighted by Gasteiger charge is -2.10. The third kappa shape index (κ3) is 6.00. The van der Waals surface area contributed by atoms with Crippen molar-refractivity contribution >= 4 is 17.5 Å². The molecule has 1 heterocycles. The van der Waals surface area contributed by atoms with Crippen LogP contribution in [0.25, 0.3) is 0 Å². The van der Waals surface area contributed by atoms with Gasteiger partial charge in [-0.15, -0.1) is 0 Å². The van der Waals surface area contributed by atoms with Crippen molar-refractivity contribution in [1.82, 2.24) is 15.2 Å². The fourth-order valence-corrected chi connectivity index (χ4v) is 2.31. The van der Waals surface area contributed by atoms with E-state index in [0.717, 1.165) is 24.2 Å². The lowest BCUT2D eigenvalue weighted by Crippen LogP contribution is -2.28. The van der Waals surface area contributed by atoms with Gasteiger partial charge in [-0.25, -0.2) is 0 Å². The Kier molecular flexibility index (Phi) is 6.65. The van der Waals surface area contributed by atoms with Crippen LogP contribution in [0.3, 0.4) is 0 Å². The highest BCUT2D eigenvalue weighted by atomic mass is 16.2.